The van der Waals surface area contributed by atoms with Crippen LogP contribution in [-0.4, -0.2) is 8.76 Å². The molecule has 0 saturated carbocycles. The van der Waals surface area contributed by atoms with Crippen LogP contribution in [0, 0.1) is 11.3 Å². The van der Waals surface area contributed by atoms with Gasteiger partial charge in [-0.1, -0.05) is 12.1 Å². The van der Waals surface area contributed by atoms with E-state index in [0.717, 1.165) is 5.56 Å². The maximum atomic E-state index is 10.3. The van der Waals surface area contributed by atoms with Crippen LogP contribution < -0.4 is 4.72 Å². The third kappa shape index (κ3) is 3.23. The number of hydrogen-bond acceptors (Lipinski definition) is 2. The van der Waals surface area contributed by atoms with E-state index >= 15 is 0 Å². The van der Waals surface area contributed by atoms with Gasteiger partial charge < -0.3 is 0 Å². The van der Waals surface area contributed by atoms with Crippen LogP contribution in [-0.2, 0) is 17.7 Å². The lowest BCUT2D eigenvalue weighted by molar-refractivity contribution is 0.570. The number of hydrogen-bond donors (Lipinski definition) is 2. The van der Waals surface area contributed by atoms with Gasteiger partial charge in [-0.3, -0.25) is 9.27 Å². The van der Waals surface area contributed by atoms with Crippen molar-refractivity contribution < 1.29 is 8.76 Å². The van der Waals surface area contributed by atoms with Crippen LogP contribution in [0.2, 0.25) is 0 Å². The summed E-state index contributed by atoms with van der Waals surface area (Å²) in [5.41, 5.74) is 1.44. The van der Waals surface area contributed by atoms with Crippen molar-refractivity contribution in [3.63, 3.8) is 0 Å². The molecule has 1 aromatic rings. The summed E-state index contributed by atoms with van der Waals surface area (Å²) in [6, 6.07) is 8.79. The average molecular weight is 196 g/mol. The van der Waals surface area contributed by atoms with Crippen molar-refractivity contribution in [3.8, 4) is 6.07 Å². The smallest absolute Gasteiger partial charge is 0.259 e. The van der Waals surface area contributed by atoms with E-state index in [4.69, 9.17) is 9.81 Å². The molecule has 0 aliphatic rings. The first-order valence-corrected chi connectivity index (χ1v) is 4.66. The van der Waals surface area contributed by atoms with Gasteiger partial charge in [0.15, 0.2) is 0 Å². The topological polar surface area (TPSA) is 73.1 Å². The first-order valence-electron chi connectivity index (χ1n) is 3.56. The van der Waals surface area contributed by atoms with Gasteiger partial charge in [0.2, 0.25) is 0 Å². The Hall–Kier alpha value is -1.38. The molecule has 0 aromatic heterocycles. The van der Waals surface area contributed by atoms with E-state index < -0.39 is 11.3 Å². The lowest BCUT2D eigenvalue weighted by atomic mass is 10.1. The zero-order valence-electron chi connectivity index (χ0n) is 6.73. The van der Waals surface area contributed by atoms with Crippen molar-refractivity contribution >= 4 is 17.0 Å². The van der Waals surface area contributed by atoms with E-state index in [-0.39, 0.29) is 0 Å². The lowest BCUT2D eigenvalue weighted by Gasteiger charge is -2.00. The highest BCUT2D eigenvalue weighted by Crippen LogP contribution is 2.09. The molecule has 0 bridgehead atoms. The average Bonchev–Trinajstić information content (AvgIpc) is 2.08. The molecule has 68 valence electrons. The molecule has 1 aromatic carbocycles. The molecule has 0 fully saturated rings. The van der Waals surface area contributed by atoms with Gasteiger partial charge in [-0.25, -0.2) is 4.21 Å². The summed E-state index contributed by atoms with van der Waals surface area (Å²) in [7, 11) is 0. The molecule has 1 rings (SSSR count). The van der Waals surface area contributed by atoms with E-state index in [0.29, 0.717) is 12.1 Å². The summed E-state index contributed by atoms with van der Waals surface area (Å²) in [4.78, 5) is 0. The second-order valence-electron chi connectivity index (χ2n) is 2.38. The Morgan fingerprint density at radius 3 is 2.54 bits per heavy atom. The van der Waals surface area contributed by atoms with Gasteiger partial charge in [0.1, 0.15) is 0 Å². The fraction of sp³-hybridized carbons (Fsp3) is 0.125. The first-order chi connectivity index (χ1) is 6.22. The number of anilines is 1. The Balaban J connectivity index is 2.70. The summed E-state index contributed by atoms with van der Waals surface area (Å²) in [5, 5.41) is 8.38. The van der Waals surface area contributed by atoms with Gasteiger partial charge in [0.25, 0.3) is 11.3 Å². The van der Waals surface area contributed by atoms with Crippen molar-refractivity contribution in [2.45, 2.75) is 6.42 Å². The Bertz CT molecular complexity index is 342. The third-order valence-electron chi connectivity index (χ3n) is 1.44. The molecule has 4 nitrogen and oxygen atoms in total. The Morgan fingerprint density at radius 1 is 1.46 bits per heavy atom. The highest BCUT2D eigenvalue weighted by Gasteiger charge is 1.95. The molecule has 0 aliphatic carbocycles. The highest BCUT2D eigenvalue weighted by atomic mass is 32.2. The van der Waals surface area contributed by atoms with Gasteiger partial charge >= 0.3 is 0 Å². The second kappa shape index (κ2) is 4.60. The summed E-state index contributed by atoms with van der Waals surface area (Å²) in [6.07, 6.45) is 0.350. The van der Waals surface area contributed by atoms with E-state index in [1.165, 1.54) is 0 Å². The Labute approximate surface area is 78.6 Å². The Kier molecular flexibility index (Phi) is 3.43. The van der Waals surface area contributed by atoms with E-state index in [1.54, 1.807) is 24.3 Å². The van der Waals surface area contributed by atoms with Gasteiger partial charge in [0, 0.05) is 5.69 Å². The number of nitrogens with zero attached hydrogens (tertiary/aromatic N) is 1. The fourth-order valence-corrected chi connectivity index (χ4v) is 1.22. The fourth-order valence-electron chi connectivity index (χ4n) is 0.883. The maximum Gasteiger partial charge on any atom is 0.259 e. The van der Waals surface area contributed by atoms with Crippen LogP contribution in [0.1, 0.15) is 5.56 Å². The van der Waals surface area contributed by atoms with E-state index in [2.05, 4.69) is 4.72 Å². The van der Waals surface area contributed by atoms with Crippen LogP contribution >= 0.6 is 0 Å². The van der Waals surface area contributed by atoms with Crippen LogP contribution in [0.15, 0.2) is 24.3 Å². The van der Waals surface area contributed by atoms with E-state index in [9.17, 15) is 4.21 Å². The zero-order valence-corrected chi connectivity index (χ0v) is 7.54. The van der Waals surface area contributed by atoms with Crippen molar-refractivity contribution in [2.75, 3.05) is 4.72 Å². The summed E-state index contributed by atoms with van der Waals surface area (Å²) in [5.74, 6) is 0. The van der Waals surface area contributed by atoms with Gasteiger partial charge in [-0.2, -0.15) is 5.26 Å². The van der Waals surface area contributed by atoms with Gasteiger partial charge in [-0.05, 0) is 17.7 Å². The molecule has 2 N–H and O–H groups in total. The minimum Gasteiger partial charge on any atom is -0.289 e. The predicted octanol–water partition coefficient (Wildman–Crippen LogP) is 1.30. The van der Waals surface area contributed by atoms with Gasteiger partial charge in [0.05, 0.1) is 12.5 Å². The normalized spacial score (nSPS) is 11.7. The molecule has 0 aliphatic heterocycles. The molecule has 5 heteroatoms. The minimum atomic E-state index is -2.04. The molecule has 13 heavy (non-hydrogen) atoms. The second-order valence-corrected chi connectivity index (χ2v) is 3.09. The van der Waals surface area contributed by atoms with Crippen LogP contribution in [0.25, 0.3) is 0 Å². The zero-order chi connectivity index (χ0) is 9.68. The van der Waals surface area contributed by atoms with Crippen molar-refractivity contribution in [2.24, 2.45) is 0 Å². The first kappa shape index (κ1) is 9.71. The number of benzene rings is 1. The number of rotatable bonds is 3. The molecule has 1 atom stereocenters. The number of nitriles is 1. The molecule has 0 heterocycles. The molecule has 0 radical (unpaired) electrons. The lowest BCUT2D eigenvalue weighted by Crippen LogP contribution is -2.01. The minimum absolute atomic E-state index is 0.350. The van der Waals surface area contributed by atoms with Gasteiger partial charge in [-0.15, -0.1) is 0 Å². The Morgan fingerprint density at radius 2 is 2.08 bits per heavy atom. The van der Waals surface area contributed by atoms with Crippen LogP contribution in [0.4, 0.5) is 5.69 Å². The SMILES string of the molecule is N#CCc1ccc(NS(=O)O)cc1. The predicted molar refractivity (Wildman–Crippen MR) is 50.2 cm³/mol. The molecule has 1 unspecified atom stereocenters. The van der Waals surface area contributed by atoms with Crippen molar-refractivity contribution in [1.29, 1.82) is 5.26 Å². The van der Waals surface area contributed by atoms with Crippen LogP contribution in [0.5, 0.6) is 0 Å². The van der Waals surface area contributed by atoms with Crippen molar-refractivity contribution in [3.05, 3.63) is 29.8 Å². The maximum absolute atomic E-state index is 10.3. The molecular formula is C8H8N2O2S. The number of nitrogens with one attached hydrogen (secondary N) is 1. The summed E-state index contributed by atoms with van der Waals surface area (Å²) in [6.45, 7) is 0. The molecular weight excluding hydrogens is 188 g/mol. The summed E-state index contributed by atoms with van der Waals surface area (Å²) >= 11 is -2.04. The molecule has 0 spiro atoms. The monoisotopic (exact) mass is 196 g/mol. The van der Waals surface area contributed by atoms with E-state index in [1.807, 2.05) is 6.07 Å². The quantitative estimate of drug-likeness (QED) is 0.715. The highest BCUT2D eigenvalue weighted by molar-refractivity contribution is 7.80. The molecule has 0 saturated heterocycles. The standard InChI is InChI=1S/C8H8N2O2S/c9-6-5-7-1-3-8(4-2-7)10-13(11)12/h1-4,10H,5H2,(H,11,12). The summed E-state index contributed by atoms with van der Waals surface area (Å²) < 4.78 is 21.1. The largest absolute Gasteiger partial charge is 0.289 e. The third-order valence-corrected chi connectivity index (χ3v) is 1.85. The van der Waals surface area contributed by atoms with Crippen molar-refractivity contribution in [1.82, 2.24) is 0 Å². The van der Waals surface area contributed by atoms with Crippen LogP contribution in [0.3, 0.4) is 0 Å². The molecule has 0 amide bonds.